The van der Waals surface area contributed by atoms with Gasteiger partial charge in [-0.15, -0.1) is 11.6 Å². The van der Waals surface area contributed by atoms with Gasteiger partial charge in [0.25, 0.3) is 6.43 Å². The summed E-state index contributed by atoms with van der Waals surface area (Å²) in [6.45, 7) is 0. The first-order valence-electron chi connectivity index (χ1n) is 4.61. The van der Waals surface area contributed by atoms with Crippen LogP contribution in [0, 0.1) is 0 Å². The second kappa shape index (κ2) is 5.77. The van der Waals surface area contributed by atoms with Crippen molar-refractivity contribution in [3.05, 3.63) is 23.0 Å². The molecular formula is C10H10ClF2NO3. The van der Waals surface area contributed by atoms with Crippen molar-refractivity contribution in [1.29, 1.82) is 0 Å². The summed E-state index contributed by atoms with van der Waals surface area (Å²) in [4.78, 5) is 14.5. The number of alkyl halides is 3. The fourth-order valence-corrected chi connectivity index (χ4v) is 1.58. The average Bonchev–Trinajstić information content (AvgIpc) is 2.28. The predicted octanol–water partition coefficient (Wildman–Crippen LogP) is 2.18. The molecule has 1 heterocycles. The molecule has 0 unspecified atom stereocenters. The molecule has 0 saturated carbocycles. The summed E-state index contributed by atoms with van der Waals surface area (Å²) in [5.74, 6) is -1.43. The zero-order chi connectivity index (χ0) is 13.0. The van der Waals surface area contributed by atoms with E-state index in [0.29, 0.717) is 0 Å². The van der Waals surface area contributed by atoms with Gasteiger partial charge in [-0.3, -0.25) is 9.78 Å². The second-order valence-electron chi connectivity index (χ2n) is 3.18. The quantitative estimate of drug-likeness (QED) is 0.670. The summed E-state index contributed by atoms with van der Waals surface area (Å²) in [5, 5.41) is 9.55. The van der Waals surface area contributed by atoms with Gasteiger partial charge in [0.05, 0.1) is 19.4 Å². The van der Waals surface area contributed by atoms with Gasteiger partial charge < -0.3 is 9.84 Å². The van der Waals surface area contributed by atoms with E-state index in [1.807, 2.05) is 0 Å². The highest BCUT2D eigenvalue weighted by molar-refractivity contribution is 6.17. The van der Waals surface area contributed by atoms with Crippen LogP contribution in [-0.2, 0) is 21.8 Å². The number of nitrogens with zero attached hydrogens (tertiary/aromatic N) is 1. The van der Waals surface area contributed by atoms with Crippen molar-refractivity contribution in [3.63, 3.8) is 0 Å². The number of pyridine rings is 1. The molecule has 0 atom stereocenters. The van der Waals surface area contributed by atoms with Crippen LogP contribution in [-0.4, -0.2) is 23.2 Å². The van der Waals surface area contributed by atoms with Crippen LogP contribution >= 0.6 is 11.6 Å². The Bertz CT molecular complexity index is 426. The SMILES string of the molecule is COC(=O)Cc1cnc(C(F)F)c(O)c1CCl. The van der Waals surface area contributed by atoms with Crippen LogP contribution in [0.3, 0.4) is 0 Å². The molecule has 4 nitrogen and oxygen atoms in total. The fraction of sp³-hybridized carbons (Fsp3) is 0.400. The van der Waals surface area contributed by atoms with Crippen LogP contribution in [0.15, 0.2) is 6.20 Å². The van der Waals surface area contributed by atoms with Gasteiger partial charge in [0.2, 0.25) is 0 Å². The lowest BCUT2D eigenvalue weighted by molar-refractivity contribution is -0.139. The first kappa shape index (κ1) is 13.6. The lowest BCUT2D eigenvalue weighted by Gasteiger charge is -2.11. The highest BCUT2D eigenvalue weighted by Gasteiger charge is 2.21. The zero-order valence-electron chi connectivity index (χ0n) is 8.91. The minimum atomic E-state index is -2.90. The van der Waals surface area contributed by atoms with E-state index in [1.54, 1.807) is 0 Å². The Morgan fingerprint density at radius 3 is 2.76 bits per heavy atom. The van der Waals surface area contributed by atoms with E-state index in [-0.39, 0.29) is 23.4 Å². The molecule has 17 heavy (non-hydrogen) atoms. The number of methoxy groups -OCH3 is 1. The molecular weight excluding hydrogens is 256 g/mol. The standard InChI is InChI=1S/C10H10ClF2NO3/c1-17-7(15)2-5-4-14-8(10(12)13)9(16)6(5)3-11/h4,10,16H,2-3H2,1H3. The molecule has 0 aromatic carbocycles. The molecule has 94 valence electrons. The number of aromatic nitrogens is 1. The van der Waals surface area contributed by atoms with E-state index < -0.39 is 23.8 Å². The summed E-state index contributed by atoms with van der Waals surface area (Å²) in [5.41, 5.74) is -0.398. The third kappa shape index (κ3) is 3.03. The summed E-state index contributed by atoms with van der Waals surface area (Å²) >= 11 is 5.56. The molecule has 1 aromatic rings. The number of esters is 1. The van der Waals surface area contributed by atoms with Crippen molar-refractivity contribution in [2.45, 2.75) is 18.7 Å². The Morgan fingerprint density at radius 1 is 1.65 bits per heavy atom. The van der Waals surface area contributed by atoms with Crippen LogP contribution in [0.2, 0.25) is 0 Å². The highest BCUT2D eigenvalue weighted by atomic mass is 35.5. The summed E-state index contributed by atoms with van der Waals surface area (Å²) in [7, 11) is 1.20. The minimum absolute atomic E-state index is 0.0716. The van der Waals surface area contributed by atoms with E-state index in [1.165, 1.54) is 7.11 Å². The van der Waals surface area contributed by atoms with Gasteiger partial charge in [-0.25, -0.2) is 8.78 Å². The van der Waals surface area contributed by atoms with Crippen molar-refractivity contribution in [3.8, 4) is 5.75 Å². The number of hydrogen-bond acceptors (Lipinski definition) is 4. The van der Waals surface area contributed by atoms with Crippen molar-refractivity contribution in [2.24, 2.45) is 0 Å². The molecule has 0 bridgehead atoms. The van der Waals surface area contributed by atoms with E-state index in [4.69, 9.17) is 11.6 Å². The van der Waals surface area contributed by atoms with Gasteiger partial charge >= 0.3 is 5.97 Å². The number of carbonyl (C=O) groups excluding carboxylic acids is 1. The molecule has 1 N–H and O–H groups in total. The van der Waals surface area contributed by atoms with Crippen LogP contribution in [0.1, 0.15) is 23.2 Å². The molecule has 0 fully saturated rings. The Balaban J connectivity index is 3.16. The molecule has 0 aliphatic heterocycles. The van der Waals surface area contributed by atoms with Crippen molar-refractivity contribution < 1.29 is 23.4 Å². The van der Waals surface area contributed by atoms with Crippen LogP contribution in [0.4, 0.5) is 8.78 Å². The van der Waals surface area contributed by atoms with Crippen molar-refractivity contribution in [2.75, 3.05) is 7.11 Å². The maximum Gasteiger partial charge on any atom is 0.310 e. The maximum atomic E-state index is 12.4. The molecule has 0 saturated heterocycles. The van der Waals surface area contributed by atoms with E-state index >= 15 is 0 Å². The fourth-order valence-electron chi connectivity index (χ4n) is 1.28. The number of hydrogen-bond donors (Lipinski definition) is 1. The second-order valence-corrected chi connectivity index (χ2v) is 3.45. The number of aromatic hydroxyl groups is 1. The molecule has 0 spiro atoms. The van der Waals surface area contributed by atoms with Gasteiger partial charge in [-0.05, 0) is 5.56 Å². The highest BCUT2D eigenvalue weighted by Crippen LogP contribution is 2.32. The third-order valence-electron chi connectivity index (χ3n) is 2.18. The smallest absolute Gasteiger partial charge is 0.310 e. The Kier molecular flexibility index (Phi) is 4.62. The number of carbonyl (C=O) groups is 1. The van der Waals surface area contributed by atoms with Gasteiger partial charge in [0.15, 0.2) is 0 Å². The van der Waals surface area contributed by atoms with Gasteiger partial charge in [0.1, 0.15) is 11.4 Å². The van der Waals surface area contributed by atoms with Gasteiger partial charge in [0, 0.05) is 11.8 Å². The van der Waals surface area contributed by atoms with Gasteiger partial charge in [-0.1, -0.05) is 0 Å². The number of halogens is 3. The lowest BCUT2D eigenvalue weighted by atomic mass is 10.1. The van der Waals surface area contributed by atoms with Crippen LogP contribution in [0.5, 0.6) is 5.75 Å². The Labute approximate surface area is 101 Å². The maximum absolute atomic E-state index is 12.4. The molecule has 0 aliphatic carbocycles. The van der Waals surface area contributed by atoms with Crippen LogP contribution < -0.4 is 0 Å². The Morgan fingerprint density at radius 2 is 2.29 bits per heavy atom. The average molecular weight is 266 g/mol. The molecule has 1 aromatic heterocycles. The van der Waals surface area contributed by atoms with Crippen LogP contribution in [0.25, 0.3) is 0 Å². The van der Waals surface area contributed by atoms with E-state index in [2.05, 4.69) is 9.72 Å². The van der Waals surface area contributed by atoms with E-state index in [0.717, 1.165) is 6.20 Å². The van der Waals surface area contributed by atoms with Crippen molar-refractivity contribution in [1.82, 2.24) is 4.98 Å². The molecule has 1 rings (SSSR count). The summed E-state index contributed by atoms with van der Waals surface area (Å²) < 4.78 is 29.3. The molecule has 0 radical (unpaired) electrons. The number of ether oxygens (including phenoxy) is 1. The minimum Gasteiger partial charge on any atom is -0.505 e. The van der Waals surface area contributed by atoms with Gasteiger partial charge in [-0.2, -0.15) is 0 Å². The molecule has 0 aliphatic rings. The summed E-state index contributed by atoms with van der Waals surface area (Å²) in [6.07, 6.45) is -1.98. The topological polar surface area (TPSA) is 59.4 Å². The first-order chi connectivity index (χ1) is 8.01. The lowest BCUT2D eigenvalue weighted by Crippen LogP contribution is -2.08. The largest absolute Gasteiger partial charge is 0.505 e. The van der Waals surface area contributed by atoms with E-state index in [9.17, 15) is 18.7 Å². The molecule has 0 amide bonds. The molecule has 7 heteroatoms. The predicted molar refractivity (Wildman–Crippen MR) is 56.1 cm³/mol. The zero-order valence-corrected chi connectivity index (χ0v) is 9.67. The van der Waals surface area contributed by atoms with Crippen molar-refractivity contribution >= 4 is 17.6 Å². The Hall–Kier alpha value is -1.43. The summed E-state index contributed by atoms with van der Waals surface area (Å²) in [6, 6.07) is 0. The third-order valence-corrected chi connectivity index (χ3v) is 2.45. The first-order valence-corrected chi connectivity index (χ1v) is 5.15. The number of rotatable bonds is 4. The monoisotopic (exact) mass is 265 g/mol. The normalized spacial score (nSPS) is 10.6.